The monoisotopic (exact) mass is 366 g/mol. The van der Waals surface area contributed by atoms with Crippen LogP contribution in [0.2, 0.25) is 0 Å². The summed E-state index contributed by atoms with van der Waals surface area (Å²) in [6, 6.07) is 8.32. The molecule has 0 aliphatic carbocycles. The third-order valence-electron chi connectivity index (χ3n) is 3.83. The van der Waals surface area contributed by atoms with E-state index in [0.29, 0.717) is 16.8 Å². The molecule has 5 nitrogen and oxygen atoms in total. The lowest BCUT2D eigenvalue weighted by atomic mass is 10.1. The Labute approximate surface area is 154 Å². The van der Waals surface area contributed by atoms with Crippen molar-refractivity contribution in [3.8, 4) is 0 Å². The van der Waals surface area contributed by atoms with E-state index in [-0.39, 0.29) is 6.10 Å². The lowest BCUT2D eigenvalue weighted by Gasteiger charge is -2.16. The minimum Gasteiger partial charge on any atom is -0.376 e. The van der Waals surface area contributed by atoms with Gasteiger partial charge in [-0.15, -0.1) is 0 Å². The molecule has 0 saturated carbocycles. The van der Waals surface area contributed by atoms with Gasteiger partial charge in [0.15, 0.2) is 10.2 Å². The van der Waals surface area contributed by atoms with Crippen molar-refractivity contribution >= 4 is 40.3 Å². The van der Waals surface area contributed by atoms with Gasteiger partial charge in [0, 0.05) is 18.8 Å². The van der Waals surface area contributed by atoms with Gasteiger partial charge < -0.3 is 15.4 Å². The van der Waals surface area contributed by atoms with Crippen LogP contribution in [0.3, 0.4) is 0 Å². The summed E-state index contributed by atoms with van der Waals surface area (Å²) in [5.41, 5.74) is 8.06. The standard InChI is InChI=1S/C17H26N4OS2/c1-2-3-5-13-7-9-14(10-8-13)19-17(24)21-20-16(23)18-12-15-6-4-11-22-15/h7-10,15H,2-6,11-12H2,1H3,(H2,18,20,23)(H2,19,21,24)/t15-/m0/s1. The zero-order valence-electron chi connectivity index (χ0n) is 14.1. The van der Waals surface area contributed by atoms with Crippen molar-refractivity contribution in [1.29, 1.82) is 0 Å². The predicted molar refractivity (Wildman–Crippen MR) is 107 cm³/mol. The maximum atomic E-state index is 5.53. The van der Waals surface area contributed by atoms with Gasteiger partial charge in [-0.2, -0.15) is 0 Å². The van der Waals surface area contributed by atoms with Gasteiger partial charge in [-0.05, 0) is 67.8 Å². The van der Waals surface area contributed by atoms with E-state index in [2.05, 4.69) is 40.5 Å². The van der Waals surface area contributed by atoms with Crippen LogP contribution in [0.1, 0.15) is 38.2 Å². The number of aryl methyl sites for hydroxylation is 1. The van der Waals surface area contributed by atoms with Crippen LogP contribution in [-0.4, -0.2) is 29.5 Å². The highest BCUT2D eigenvalue weighted by molar-refractivity contribution is 7.80. The first kappa shape index (κ1) is 18.9. The van der Waals surface area contributed by atoms with Crippen molar-refractivity contribution in [3.63, 3.8) is 0 Å². The topological polar surface area (TPSA) is 57.3 Å². The van der Waals surface area contributed by atoms with Gasteiger partial charge in [-0.25, -0.2) is 0 Å². The van der Waals surface area contributed by atoms with Gasteiger partial charge in [0.25, 0.3) is 0 Å². The number of thiocarbonyl (C=S) groups is 2. The first-order chi connectivity index (χ1) is 11.7. The predicted octanol–water partition coefficient (Wildman–Crippen LogP) is 2.87. The molecule has 1 saturated heterocycles. The summed E-state index contributed by atoms with van der Waals surface area (Å²) in [5.74, 6) is 0. The number of hydrazine groups is 1. The normalized spacial score (nSPS) is 16.5. The van der Waals surface area contributed by atoms with Gasteiger partial charge >= 0.3 is 0 Å². The van der Waals surface area contributed by atoms with Crippen molar-refractivity contribution in [2.45, 2.75) is 45.1 Å². The van der Waals surface area contributed by atoms with E-state index in [0.717, 1.165) is 31.6 Å². The molecule has 1 fully saturated rings. The smallest absolute Gasteiger partial charge is 0.189 e. The first-order valence-corrected chi connectivity index (χ1v) is 9.30. The highest BCUT2D eigenvalue weighted by Crippen LogP contribution is 2.12. The van der Waals surface area contributed by atoms with Gasteiger partial charge in [0.05, 0.1) is 6.10 Å². The molecule has 1 atom stereocenters. The quantitative estimate of drug-likeness (QED) is 0.456. The Morgan fingerprint density at radius 1 is 1.17 bits per heavy atom. The minimum absolute atomic E-state index is 0.251. The van der Waals surface area contributed by atoms with Crippen LogP contribution in [0.5, 0.6) is 0 Å². The van der Waals surface area contributed by atoms with Crippen molar-refractivity contribution in [2.24, 2.45) is 0 Å². The zero-order chi connectivity index (χ0) is 17.2. The molecule has 2 rings (SSSR count). The van der Waals surface area contributed by atoms with Crippen LogP contribution in [0.4, 0.5) is 5.69 Å². The van der Waals surface area contributed by atoms with Crippen LogP contribution in [0, 0.1) is 0 Å². The number of unbranched alkanes of at least 4 members (excludes halogenated alkanes) is 1. The summed E-state index contributed by atoms with van der Waals surface area (Å²) in [7, 11) is 0. The second kappa shape index (κ2) is 10.4. The van der Waals surface area contributed by atoms with E-state index in [1.54, 1.807) is 0 Å². The van der Waals surface area contributed by atoms with E-state index in [9.17, 15) is 0 Å². The van der Waals surface area contributed by atoms with E-state index in [1.807, 2.05) is 12.1 Å². The average molecular weight is 367 g/mol. The maximum absolute atomic E-state index is 5.53. The largest absolute Gasteiger partial charge is 0.376 e. The highest BCUT2D eigenvalue weighted by atomic mass is 32.1. The molecule has 7 heteroatoms. The van der Waals surface area contributed by atoms with Gasteiger partial charge in [0.2, 0.25) is 0 Å². The zero-order valence-corrected chi connectivity index (χ0v) is 15.7. The summed E-state index contributed by atoms with van der Waals surface area (Å²) in [6.07, 6.45) is 5.99. The molecule has 0 unspecified atom stereocenters. The van der Waals surface area contributed by atoms with Crippen LogP contribution in [-0.2, 0) is 11.2 Å². The van der Waals surface area contributed by atoms with E-state index < -0.39 is 0 Å². The van der Waals surface area contributed by atoms with Crippen LogP contribution >= 0.6 is 24.4 Å². The maximum Gasteiger partial charge on any atom is 0.189 e. The number of rotatable bonds is 6. The molecule has 1 aliphatic heterocycles. The Bertz CT molecular complexity index is 530. The number of ether oxygens (including phenoxy) is 1. The molecular weight excluding hydrogens is 340 g/mol. The second-order valence-corrected chi connectivity index (χ2v) is 6.67. The Morgan fingerprint density at radius 3 is 2.58 bits per heavy atom. The van der Waals surface area contributed by atoms with E-state index in [1.165, 1.54) is 18.4 Å². The number of anilines is 1. The fourth-order valence-electron chi connectivity index (χ4n) is 2.47. The third-order valence-corrected chi connectivity index (χ3v) is 4.29. The van der Waals surface area contributed by atoms with Gasteiger partial charge in [0.1, 0.15) is 0 Å². The summed E-state index contributed by atoms with van der Waals surface area (Å²) in [4.78, 5) is 0. The minimum atomic E-state index is 0.251. The molecule has 132 valence electrons. The lowest BCUT2D eigenvalue weighted by Crippen LogP contribution is -2.49. The van der Waals surface area contributed by atoms with Crippen molar-refractivity contribution in [3.05, 3.63) is 29.8 Å². The van der Waals surface area contributed by atoms with Crippen LogP contribution < -0.4 is 21.5 Å². The van der Waals surface area contributed by atoms with Crippen molar-refractivity contribution in [1.82, 2.24) is 16.2 Å². The molecule has 1 aromatic carbocycles. The molecule has 0 bridgehead atoms. The Balaban J connectivity index is 1.64. The van der Waals surface area contributed by atoms with Gasteiger partial charge in [-0.1, -0.05) is 25.5 Å². The average Bonchev–Trinajstić information content (AvgIpc) is 3.11. The summed E-state index contributed by atoms with van der Waals surface area (Å²) < 4.78 is 5.53. The first-order valence-electron chi connectivity index (χ1n) is 8.48. The molecule has 0 radical (unpaired) electrons. The highest BCUT2D eigenvalue weighted by Gasteiger charge is 2.15. The molecule has 1 aromatic rings. The Kier molecular flexibility index (Phi) is 8.21. The van der Waals surface area contributed by atoms with Crippen LogP contribution in [0.25, 0.3) is 0 Å². The van der Waals surface area contributed by atoms with Crippen LogP contribution in [0.15, 0.2) is 24.3 Å². The van der Waals surface area contributed by atoms with Gasteiger partial charge in [-0.3, -0.25) is 10.9 Å². The van der Waals surface area contributed by atoms with Crippen molar-refractivity contribution < 1.29 is 4.74 Å². The summed E-state index contributed by atoms with van der Waals surface area (Å²) in [6.45, 7) is 3.76. The number of hydrogen-bond acceptors (Lipinski definition) is 3. The van der Waals surface area contributed by atoms with E-state index >= 15 is 0 Å². The molecule has 1 heterocycles. The SMILES string of the molecule is CCCCc1ccc(NC(=S)NNC(=S)NC[C@@H]2CCCO2)cc1. The number of hydrogen-bond donors (Lipinski definition) is 4. The number of nitrogens with one attached hydrogen (secondary N) is 4. The molecule has 4 N–H and O–H groups in total. The lowest BCUT2D eigenvalue weighted by molar-refractivity contribution is 0.114. The van der Waals surface area contributed by atoms with Crippen molar-refractivity contribution in [2.75, 3.05) is 18.5 Å². The Morgan fingerprint density at radius 2 is 1.92 bits per heavy atom. The third kappa shape index (κ3) is 6.98. The molecular formula is C17H26N4OS2. The summed E-state index contributed by atoms with van der Waals surface area (Å²) >= 11 is 10.5. The molecule has 0 spiro atoms. The van der Waals surface area contributed by atoms with E-state index in [4.69, 9.17) is 29.2 Å². The second-order valence-electron chi connectivity index (χ2n) is 5.85. The molecule has 0 aromatic heterocycles. The Hall–Kier alpha value is -1.44. The fraction of sp³-hybridized carbons (Fsp3) is 0.529. The number of benzene rings is 1. The fourth-order valence-corrected chi connectivity index (χ4v) is 2.77. The molecule has 0 amide bonds. The molecule has 24 heavy (non-hydrogen) atoms. The summed E-state index contributed by atoms with van der Waals surface area (Å²) in [5, 5.41) is 7.21. The molecule has 1 aliphatic rings.